The maximum atomic E-state index is 4.50. The smallest absolute Gasteiger partial charge is 0.138 e. The number of likely N-dealkylation sites (N-methyl/N-ethyl adjacent to an activating group) is 1. The number of hydrogen-bond donors (Lipinski definition) is 1. The normalized spacial score (nSPS) is 13.1. The van der Waals surface area contributed by atoms with E-state index in [1.807, 2.05) is 22.6 Å². The van der Waals surface area contributed by atoms with Crippen molar-refractivity contribution >= 4 is 0 Å². The summed E-state index contributed by atoms with van der Waals surface area (Å²) < 4.78 is 3.83. The quantitative estimate of drug-likeness (QED) is 0.833. The van der Waals surface area contributed by atoms with Crippen LogP contribution in [0.5, 0.6) is 0 Å². The summed E-state index contributed by atoms with van der Waals surface area (Å²) >= 11 is 0. The van der Waals surface area contributed by atoms with Gasteiger partial charge in [0, 0.05) is 26.2 Å². The summed E-state index contributed by atoms with van der Waals surface area (Å²) in [4.78, 5) is 4.40. The molecule has 0 aliphatic heterocycles. The molecule has 0 aromatic carbocycles. The van der Waals surface area contributed by atoms with Crippen molar-refractivity contribution in [1.82, 2.24) is 29.9 Å². The molecule has 6 heteroatoms. The highest BCUT2D eigenvalue weighted by molar-refractivity contribution is 5.08. The highest BCUT2D eigenvalue weighted by Crippen LogP contribution is 2.16. The molecule has 1 unspecified atom stereocenters. The Morgan fingerprint density at radius 2 is 2.15 bits per heavy atom. The van der Waals surface area contributed by atoms with Gasteiger partial charge in [-0.3, -0.25) is 4.68 Å². The van der Waals surface area contributed by atoms with E-state index in [1.165, 1.54) is 0 Å². The van der Waals surface area contributed by atoms with E-state index < -0.39 is 0 Å². The van der Waals surface area contributed by atoms with Crippen molar-refractivity contribution in [2.75, 3.05) is 6.54 Å². The summed E-state index contributed by atoms with van der Waals surface area (Å²) in [6, 6.07) is 2.23. The maximum Gasteiger partial charge on any atom is 0.138 e. The van der Waals surface area contributed by atoms with Crippen LogP contribution in [0.1, 0.15) is 38.3 Å². The molecule has 2 rings (SSSR count). The lowest BCUT2D eigenvalue weighted by atomic mass is 10.1. The predicted octanol–water partition coefficient (Wildman–Crippen LogP) is 1.56. The van der Waals surface area contributed by atoms with Crippen LogP contribution in [0.3, 0.4) is 0 Å². The first-order chi connectivity index (χ1) is 9.60. The second kappa shape index (κ2) is 6.65. The van der Waals surface area contributed by atoms with Crippen molar-refractivity contribution in [1.29, 1.82) is 0 Å². The van der Waals surface area contributed by atoms with Gasteiger partial charge in [-0.15, -0.1) is 0 Å². The minimum Gasteiger partial charge on any atom is -0.308 e. The molecule has 1 N–H and O–H groups in total. The Bertz CT molecular complexity index is 527. The molecule has 0 saturated carbocycles. The standard InChI is InChI=1S/C14H24N6/c1-5-15-13(12-6-7-19(4)18-12)8-14-16-10-17-20(14)9-11(2)3/h6-7,10-11,13,15H,5,8-9H2,1-4H3. The minimum atomic E-state index is 0.177. The Labute approximate surface area is 120 Å². The van der Waals surface area contributed by atoms with Crippen molar-refractivity contribution < 1.29 is 0 Å². The molecule has 0 aliphatic rings. The fourth-order valence-electron chi connectivity index (χ4n) is 2.27. The topological polar surface area (TPSA) is 60.6 Å². The lowest BCUT2D eigenvalue weighted by Gasteiger charge is -2.16. The van der Waals surface area contributed by atoms with Crippen molar-refractivity contribution in [2.24, 2.45) is 13.0 Å². The number of hydrogen-bond acceptors (Lipinski definition) is 4. The number of aryl methyl sites for hydroxylation is 1. The van der Waals surface area contributed by atoms with Crippen LogP contribution < -0.4 is 5.32 Å². The zero-order chi connectivity index (χ0) is 14.5. The molecule has 0 amide bonds. The molecule has 6 nitrogen and oxygen atoms in total. The van der Waals surface area contributed by atoms with Gasteiger partial charge >= 0.3 is 0 Å². The summed E-state index contributed by atoms with van der Waals surface area (Å²) in [5.41, 5.74) is 1.05. The van der Waals surface area contributed by atoms with E-state index in [0.717, 1.165) is 31.0 Å². The molecule has 110 valence electrons. The molecule has 1 atom stereocenters. The van der Waals surface area contributed by atoms with Crippen molar-refractivity contribution in [2.45, 2.75) is 39.8 Å². The molecule has 2 aromatic rings. The van der Waals surface area contributed by atoms with Crippen LogP contribution in [-0.2, 0) is 20.0 Å². The number of nitrogens with zero attached hydrogens (tertiary/aromatic N) is 5. The Hall–Kier alpha value is -1.69. The number of aromatic nitrogens is 5. The van der Waals surface area contributed by atoms with Crippen molar-refractivity contribution in [3.63, 3.8) is 0 Å². The van der Waals surface area contributed by atoms with Gasteiger partial charge in [0.05, 0.1) is 11.7 Å². The molecule has 2 heterocycles. The first-order valence-corrected chi connectivity index (χ1v) is 7.19. The van der Waals surface area contributed by atoms with Crippen LogP contribution in [0.2, 0.25) is 0 Å². The second-order valence-corrected chi connectivity index (χ2v) is 5.48. The van der Waals surface area contributed by atoms with Crippen LogP contribution in [0.25, 0.3) is 0 Å². The van der Waals surface area contributed by atoms with Gasteiger partial charge in [0.2, 0.25) is 0 Å². The van der Waals surface area contributed by atoms with Gasteiger partial charge < -0.3 is 5.32 Å². The van der Waals surface area contributed by atoms with E-state index >= 15 is 0 Å². The van der Waals surface area contributed by atoms with Crippen molar-refractivity contribution in [3.05, 3.63) is 30.1 Å². The van der Waals surface area contributed by atoms with Gasteiger partial charge in [-0.25, -0.2) is 9.67 Å². The van der Waals surface area contributed by atoms with Gasteiger partial charge in [-0.1, -0.05) is 20.8 Å². The molecule has 2 aromatic heterocycles. The summed E-state index contributed by atoms with van der Waals surface area (Å²) in [6.07, 6.45) is 4.41. The third-order valence-electron chi connectivity index (χ3n) is 3.16. The largest absolute Gasteiger partial charge is 0.308 e. The molecule has 0 aliphatic carbocycles. The number of nitrogens with one attached hydrogen (secondary N) is 1. The Balaban J connectivity index is 2.14. The maximum absolute atomic E-state index is 4.50. The van der Waals surface area contributed by atoms with Crippen LogP contribution in [0.4, 0.5) is 0 Å². The fraction of sp³-hybridized carbons (Fsp3) is 0.643. The summed E-state index contributed by atoms with van der Waals surface area (Å²) in [5.74, 6) is 1.57. The average Bonchev–Trinajstić information content (AvgIpc) is 2.98. The molecule has 0 saturated heterocycles. The molecule has 0 fully saturated rings. The minimum absolute atomic E-state index is 0.177. The average molecular weight is 276 g/mol. The van der Waals surface area contributed by atoms with E-state index in [-0.39, 0.29) is 6.04 Å². The lowest BCUT2D eigenvalue weighted by molar-refractivity contribution is 0.443. The van der Waals surface area contributed by atoms with Gasteiger partial charge in [-0.05, 0) is 18.5 Å². The molecule has 20 heavy (non-hydrogen) atoms. The Morgan fingerprint density at radius 1 is 1.35 bits per heavy atom. The van der Waals surface area contributed by atoms with Gasteiger partial charge in [0.1, 0.15) is 12.2 Å². The van der Waals surface area contributed by atoms with E-state index in [4.69, 9.17) is 0 Å². The SMILES string of the molecule is CCNC(Cc1ncnn1CC(C)C)c1ccn(C)n1. The zero-order valence-electron chi connectivity index (χ0n) is 12.7. The molecular weight excluding hydrogens is 252 g/mol. The second-order valence-electron chi connectivity index (χ2n) is 5.48. The van der Waals surface area contributed by atoms with Gasteiger partial charge in [0.15, 0.2) is 0 Å². The van der Waals surface area contributed by atoms with E-state index in [2.05, 4.69) is 47.3 Å². The van der Waals surface area contributed by atoms with Crippen molar-refractivity contribution in [3.8, 4) is 0 Å². The van der Waals surface area contributed by atoms with Crippen LogP contribution in [0, 0.1) is 5.92 Å². The predicted molar refractivity (Wildman–Crippen MR) is 78.2 cm³/mol. The van der Waals surface area contributed by atoms with E-state index in [1.54, 1.807) is 6.33 Å². The summed E-state index contributed by atoms with van der Waals surface area (Å²) in [6.45, 7) is 8.28. The number of rotatable bonds is 7. The Kier molecular flexibility index (Phi) is 4.89. The highest BCUT2D eigenvalue weighted by atomic mass is 15.3. The Morgan fingerprint density at radius 3 is 2.75 bits per heavy atom. The third-order valence-corrected chi connectivity index (χ3v) is 3.16. The van der Waals surface area contributed by atoms with E-state index in [9.17, 15) is 0 Å². The summed E-state index contributed by atoms with van der Waals surface area (Å²) in [5, 5.41) is 12.3. The fourth-order valence-corrected chi connectivity index (χ4v) is 2.27. The highest BCUT2D eigenvalue weighted by Gasteiger charge is 2.17. The molecular formula is C14H24N6. The van der Waals surface area contributed by atoms with Gasteiger partial charge in [0.25, 0.3) is 0 Å². The van der Waals surface area contributed by atoms with Crippen LogP contribution >= 0.6 is 0 Å². The first kappa shape index (κ1) is 14.7. The van der Waals surface area contributed by atoms with E-state index in [0.29, 0.717) is 5.92 Å². The zero-order valence-corrected chi connectivity index (χ0v) is 12.7. The summed E-state index contributed by atoms with van der Waals surface area (Å²) in [7, 11) is 1.94. The molecule has 0 bridgehead atoms. The third kappa shape index (κ3) is 3.66. The molecule has 0 radical (unpaired) electrons. The van der Waals surface area contributed by atoms with Crippen LogP contribution in [0.15, 0.2) is 18.6 Å². The lowest BCUT2D eigenvalue weighted by Crippen LogP contribution is -2.25. The van der Waals surface area contributed by atoms with Gasteiger partial charge in [-0.2, -0.15) is 10.2 Å². The van der Waals surface area contributed by atoms with Crippen LogP contribution in [-0.4, -0.2) is 31.1 Å². The monoisotopic (exact) mass is 276 g/mol. The first-order valence-electron chi connectivity index (χ1n) is 7.19. The molecule has 0 spiro atoms.